The van der Waals surface area contributed by atoms with Crippen LogP contribution in [0.15, 0.2) is 33.9 Å². The van der Waals surface area contributed by atoms with Gasteiger partial charge < -0.3 is 10.2 Å². The third-order valence-corrected chi connectivity index (χ3v) is 3.00. The molecular weight excluding hydrogens is 238 g/mol. The predicted molar refractivity (Wildman–Crippen MR) is 63.6 cm³/mol. The number of aromatic nitrogens is 2. The maximum Gasteiger partial charge on any atom is 0.276 e. The van der Waals surface area contributed by atoms with E-state index in [-0.39, 0.29) is 0 Å². The summed E-state index contributed by atoms with van der Waals surface area (Å²) in [6.07, 6.45) is 0. The van der Waals surface area contributed by atoms with E-state index in [2.05, 4.69) is 10.2 Å². The molecular formula is C11H11N3O2S. The Labute approximate surface area is 102 Å². The van der Waals surface area contributed by atoms with Crippen LogP contribution in [-0.2, 0) is 5.75 Å². The zero-order chi connectivity index (χ0) is 12.3. The highest BCUT2D eigenvalue weighted by atomic mass is 32.2. The minimum absolute atomic E-state index is 0.420. The third kappa shape index (κ3) is 3.07. The Bertz CT molecular complexity index is 522. The number of nitrogens with zero attached hydrogens (tertiary/aromatic N) is 2. The topological polar surface area (TPSA) is 82.0 Å². The number of nitrogens with two attached hydrogens (primary N) is 1. The number of thioether (sulfide) groups is 1. The Balaban J connectivity index is 1.97. The van der Waals surface area contributed by atoms with Crippen LogP contribution in [0.4, 0.5) is 0 Å². The maximum atomic E-state index is 10.9. The first-order valence-electron chi connectivity index (χ1n) is 4.97. The van der Waals surface area contributed by atoms with Crippen molar-refractivity contribution in [2.75, 3.05) is 0 Å². The lowest BCUT2D eigenvalue weighted by Crippen LogP contribution is -2.10. The SMILES string of the molecule is Cc1nnc(SCc2ccc(C(N)=O)cc2)o1. The standard InChI is InChI=1S/C11H11N3O2S/c1-7-13-14-11(16-7)17-6-8-2-4-9(5-3-8)10(12)15/h2-5H,6H2,1H3,(H2,12,15). The van der Waals surface area contributed by atoms with E-state index in [0.29, 0.717) is 22.4 Å². The molecule has 0 spiro atoms. The molecule has 5 nitrogen and oxygen atoms in total. The maximum absolute atomic E-state index is 10.9. The lowest BCUT2D eigenvalue weighted by molar-refractivity contribution is 0.100. The van der Waals surface area contributed by atoms with Crippen LogP contribution < -0.4 is 5.73 Å². The third-order valence-electron chi connectivity index (χ3n) is 2.11. The van der Waals surface area contributed by atoms with Crippen LogP contribution in [0.3, 0.4) is 0 Å². The van der Waals surface area contributed by atoms with Crippen LogP contribution in [0, 0.1) is 6.92 Å². The molecule has 0 aliphatic rings. The number of primary amides is 1. The number of amides is 1. The fraction of sp³-hybridized carbons (Fsp3) is 0.182. The first-order chi connectivity index (χ1) is 8.15. The van der Waals surface area contributed by atoms with E-state index in [1.807, 2.05) is 12.1 Å². The predicted octanol–water partition coefficient (Wildman–Crippen LogP) is 1.77. The van der Waals surface area contributed by atoms with Gasteiger partial charge in [-0.25, -0.2) is 0 Å². The highest BCUT2D eigenvalue weighted by Gasteiger charge is 2.04. The molecule has 0 radical (unpaired) electrons. The fourth-order valence-electron chi connectivity index (χ4n) is 1.25. The molecule has 0 saturated heterocycles. The van der Waals surface area contributed by atoms with Crippen LogP contribution in [-0.4, -0.2) is 16.1 Å². The summed E-state index contributed by atoms with van der Waals surface area (Å²) in [6.45, 7) is 1.75. The van der Waals surface area contributed by atoms with Gasteiger partial charge in [0.2, 0.25) is 11.8 Å². The smallest absolute Gasteiger partial charge is 0.276 e. The molecule has 6 heteroatoms. The molecule has 0 bridgehead atoms. The average molecular weight is 249 g/mol. The Morgan fingerprint density at radius 2 is 2.06 bits per heavy atom. The van der Waals surface area contributed by atoms with Gasteiger partial charge in [0.15, 0.2) is 0 Å². The molecule has 17 heavy (non-hydrogen) atoms. The second-order valence-electron chi connectivity index (χ2n) is 3.44. The minimum Gasteiger partial charge on any atom is -0.416 e. The average Bonchev–Trinajstić information content (AvgIpc) is 2.73. The van der Waals surface area contributed by atoms with Gasteiger partial charge in [0, 0.05) is 18.2 Å². The van der Waals surface area contributed by atoms with Gasteiger partial charge in [-0.05, 0) is 17.7 Å². The molecule has 0 saturated carbocycles. The molecule has 1 heterocycles. The summed E-state index contributed by atoms with van der Waals surface area (Å²) in [5.41, 5.74) is 6.73. The van der Waals surface area contributed by atoms with Crippen LogP contribution in [0.5, 0.6) is 0 Å². The van der Waals surface area contributed by atoms with Crippen molar-refractivity contribution in [2.24, 2.45) is 5.73 Å². The largest absolute Gasteiger partial charge is 0.416 e. The van der Waals surface area contributed by atoms with E-state index in [1.54, 1.807) is 19.1 Å². The van der Waals surface area contributed by atoms with Crippen LogP contribution in [0.25, 0.3) is 0 Å². The van der Waals surface area contributed by atoms with Crippen molar-refractivity contribution < 1.29 is 9.21 Å². The van der Waals surface area contributed by atoms with E-state index in [1.165, 1.54) is 11.8 Å². The van der Waals surface area contributed by atoms with Crippen LogP contribution in [0.1, 0.15) is 21.8 Å². The molecule has 1 aromatic carbocycles. The number of benzene rings is 1. The molecule has 1 amide bonds. The number of carbonyl (C=O) groups excluding carboxylic acids is 1. The highest BCUT2D eigenvalue weighted by Crippen LogP contribution is 2.21. The second kappa shape index (κ2) is 5.01. The lowest BCUT2D eigenvalue weighted by Gasteiger charge is -1.99. The lowest BCUT2D eigenvalue weighted by atomic mass is 10.1. The van der Waals surface area contributed by atoms with E-state index in [0.717, 1.165) is 5.56 Å². The number of rotatable bonds is 4. The van der Waals surface area contributed by atoms with E-state index >= 15 is 0 Å². The molecule has 0 fully saturated rings. The quantitative estimate of drug-likeness (QED) is 0.835. The van der Waals surface area contributed by atoms with Crippen molar-refractivity contribution in [3.8, 4) is 0 Å². The van der Waals surface area contributed by atoms with E-state index in [4.69, 9.17) is 10.2 Å². The summed E-state index contributed by atoms with van der Waals surface area (Å²) in [6, 6.07) is 7.13. The van der Waals surface area contributed by atoms with Crippen molar-refractivity contribution in [3.63, 3.8) is 0 Å². The number of carbonyl (C=O) groups is 1. The highest BCUT2D eigenvalue weighted by molar-refractivity contribution is 7.98. The summed E-state index contributed by atoms with van der Waals surface area (Å²) in [5, 5.41) is 8.16. The number of hydrogen-bond donors (Lipinski definition) is 1. The van der Waals surface area contributed by atoms with Gasteiger partial charge >= 0.3 is 0 Å². The number of hydrogen-bond acceptors (Lipinski definition) is 5. The zero-order valence-corrected chi connectivity index (χ0v) is 10.0. The first-order valence-corrected chi connectivity index (χ1v) is 5.95. The Kier molecular flexibility index (Phi) is 3.43. The van der Waals surface area contributed by atoms with E-state index < -0.39 is 5.91 Å². The molecule has 2 N–H and O–H groups in total. The van der Waals surface area contributed by atoms with Gasteiger partial charge in [-0.2, -0.15) is 0 Å². The van der Waals surface area contributed by atoms with Crippen molar-refractivity contribution in [3.05, 3.63) is 41.3 Å². The van der Waals surface area contributed by atoms with Gasteiger partial charge in [-0.15, -0.1) is 10.2 Å². The molecule has 0 unspecified atom stereocenters. The molecule has 0 atom stereocenters. The van der Waals surface area contributed by atoms with Crippen molar-refractivity contribution in [1.82, 2.24) is 10.2 Å². The Hall–Kier alpha value is -1.82. The number of aryl methyl sites for hydroxylation is 1. The zero-order valence-electron chi connectivity index (χ0n) is 9.21. The molecule has 2 aromatic rings. The second-order valence-corrected chi connectivity index (χ2v) is 4.36. The Morgan fingerprint density at radius 3 is 2.59 bits per heavy atom. The molecule has 0 aliphatic heterocycles. The van der Waals surface area contributed by atoms with Gasteiger partial charge in [0.05, 0.1) is 0 Å². The summed E-state index contributed by atoms with van der Waals surface area (Å²) >= 11 is 1.45. The van der Waals surface area contributed by atoms with Crippen molar-refractivity contribution >= 4 is 17.7 Å². The fourth-order valence-corrected chi connectivity index (χ4v) is 2.01. The van der Waals surface area contributed by atoms with Gasteiger partial charge in [0.25, 0.3) is 5.22 Å². The summed E-state index contributed by atoms with van der Waals surface area (Å²) < 4.78 is 5.23. The first kappa shape index (κ1) is 11.7. The van der Waals surface area contributed by atoms with Crippen LogP contribution >= 0.6 is 11.8 Å². The van der Waals surface area contributed by atoms with Crippen molar-refractivity contribution in [1.29, 1.82) is 0 Å². The molecule has 88 valence electrons. The molecule has 1 aromatic heterocycles. The summed E-state index contributed by atoms with van der Waals surface area (Å²) in [7, 11) is 0. The monoisotopic (exact) mass is 249 g/mol. The van der Waals surface area contributed by atoms with Gasteiger partial charge in [-0.1, -0.05) is 23.9 Å². The van der Waals surface area contributed by atoms with Gasteiger partial charge in [-0.3, -0.25) is 4.79 Å². The molecule has 2 rings (SSSR count). The minimum atomic E-state index is -0.420. The molecule has 0 aliphatic carbocycles. The van der Waals surface area contributed by atoms with E-state index in [9.17, 15) is 4.79 Å². The van der Waals surface area contributed by atoms with Crippen LogP contribution in [0.2, 0.25) is 0 Å². The summed E-state index contributed by atoms with van der Waals surface area (Å²) in [5.74, 6) is 0.842. The summed E-state index contributed by atoms with van der Waals surface area (Å²) in [4.78, 5) is 10.9. The van der Waals surface area contributed by atoms with Gasteiger partial charge in [0.1, 0.15) is 0 Å². The normalized spacial score (nSPS) is 10.4. The van der Waals surface area contributed by atoms with Crippen molar-refractivity contribution in [2.45, 2.75) is 17.9 Å². The Morgan fingerprint density at radius 1 is 1.35 bits per heavy atom.